The van der Waals surface area contributed by atoms with Crippen LogP contribution >= 0.6 is 15.6 Å². The molecule has 2 aliphatic heterocycles. The van der Waals surface area contributed by atoms with Crippen molar-refractivity contribution in [3.63, 3.8) is 0 Å². The molecular formula is C19H25N7O16P2. The quantitative estimate of drug-likeness (QED) is 0.0922. The Morgan fingerprint density at radius 1 is 0.977 bits per heavy atom. The number of nitrogens with two attached hydrogens (primary N) is 1. The first-order valence-electron chi connectivity index (χ1n) is 12.3. The minimum atomic E-state index is -5.31. The van der Waals surface area contributed by atoms with Gasteiger partial charge in [-0.25, -0.2) is 18.9 Å². The molecule has 0 bridgehead atoms. The topological polar surface area (TPSA) is 346 Å². The third-order valence-corrected chi connectivity index (χ3v) is 8.07. The number of fused-ring (bicyclic) bond motifs is 1. The third kappa shape index (κ3) is 6.46. The molecular weight excluding hydrogens is 644 g/mol. The number of nitrogens with one attached hydrogen (secondary N) is 2. The van der Waals surface area contributed by atoms with Crippen molar-refractivity contribution in [2.24, 2.45) is 0 Å². The molecule has 2 fully saturated rings. The molecule has 10 N–H and O–H groups in total. The van der Waals surface area contributed by atoms with Gasteiger partial charge in [-0.2, -0.15) is 4.98 Å². The molecule has 5 rings (SSSR count). The Morgan fingerprint density at radius 3 is 2.25 bits per heavy atom. The van der Waals surface area contributed by atoms with Crippen molar-refractivity contribution >= 4 is 32.8 Å². The van der Waals surface area contributed by atoms with Crippen molar-refractivity contribution in [2.45, 2.75) is 49.1 Å². The summed E-state index contributed by atoms with van der Waals surface area (Å²) in [5.41, 5.74) is 2.71. The molecule has 0 spiro atoms. The zero-order valence-corrected chi connectivity index (χ0v) is 23.6. The maximum absolute atomic E-state index is 12.9. The van der Waals surface area contributed by atoms with Gasteiger partial charge >= 0.3 is 21.3 Å². The number of nitrogen functional groups attached to an aromatic ring is 1. The van der Waals surface area contributed by atoms with Gasteiger partial charge in [0.15, 0.2) is 23.6 Å². The summed E-state index contributed by atoms with van der Waals surface area (Å²) in [7, 11) is -10.6. The summed E-state index contributed by atoms with van der Waals surface area (Å²) in [5, 5.41) is 31.3. The lowest BCUT2D eigenvalue weighted by Gasteiger charge is -2.24. The monoisotopic (exact) mass is 669 g/mol. The van der Waals surface area contributed by atoms with Crippen molar-refractivity contribution < 1.29 is 62.2 Å². The first-order chi connectivity index (χ1) is 20.6. The minimum Gasteiger partial charge on any atom is -0.394 e. The van der Waals surface area contributed by atoms with Crippen LogP contribution in [0.2, 0.25) is 0 Å². The van der Waals surface area contributed by atoms with Gasteiger partial charge in [0.05, 0.1) is 19.5 Å². The number of aliphatic hydroxyl groups excluding tert-OH is 3. The summed E-state index contributed by atoms with van der Waals surface area (Å²) in [4.78, 5) is 76.6. The van der Waals surface area contributed by atoms with Crippen molar-refractivity contribution in [3.05, 3.63) is 49.8 Å². The second-order valence-corrected chi connectivity index (χ2v) is 12.1. The van der Waals surface area contributed by atoms with E-state index in [1.165, 1.54) is 0 Å². The third-order valence-electron chi connectivity index (χ3n) is 6.56. The first kappa shape index (κ1) is 32.2. The summed E-state index contributed by atoms with van der Waals surface area (Å²) in [6, 6.07) is 0.894. The van der Waals surface area contributed by atoms with E-state index in [0.29, 0.717) is 4.57 Å². The highest BCUT2D eigenvalue weighted by Crippen LogP contribution is 2.50. The standard InChI is InChI=1S/C19H25N7O16P2/c20-18-23-14-9(15(31)24-18)21-5-26(14)17-10(29)12(6(3-27)39-17)42-44(36,37)38-4-7-13(41-43(33,34)35)11(30)16(40-7)25-2-1-8(28)22-19(25)32/h1-2,5-7,10-13,16-17,27,29-30H,3-4H2,(H,36,37)(H,22,28,32)(H2,33,34,35)(H3,20,23,24,31). The SMILES string of the molecule is Nc1nc2c(ncn2C2OC(CO)C(OP(=O)(O)OCC3OC(n4ccc(=O)[nH]c4=O)C(O)C3OP(=O)(O)O)C2O)c(=O)[nH]1. The maximum atomic E-state index is 12.9. The summed E-state index contributed by atoms with van der Waals surface area (Å²) < 4.78 is 51.7. The zero-order valence-electron chi connectivity index (χ0n) is 21.8. The van der Waals surface area contributed by atoms with Crippen LogP contribution in [-0.4, -0.2) is 109 Å². The fourth-order valence-corrected chi connectivity index (χ4v) is 6.25. The fourth-order valence-electron chi connectivity index (χ4n) is 4.71. The maximum Gasteiger partial charge on any atom is 0.472 e. The van der Waals surface area contributed by atoms with Gasteiger partial charge in [-0.1, -0.05) is 0 Å². The van der Waals surface area contributed by atoms with E-state index >= 15 is 0 Å². The first-order valence-corrected chi connectivity index (χ1v) is 15.3. The highest BCUT2D eigenvalue weighted by Gasteiger charge is 2.51. The Balaban J connectivity index is 1.33. The molecule has 0 aromatic carbocycles. The van der Waals surface area contributed by atoms with Gasteiger partial charge < -0.3 is 45.2 Å². The zero-order chi connectivity index (χ0) is 32.1. The van der Waals surface area contributed by atoms with Crippen molar-refractivity contribution in [3.8, 4) is 0 Å². The van der Waals surface area contributed by atoms with Crippen LogP contribution in [0.4, 0.5) is 5.95 Å². The number of phosphoric acid groups is 2. The highest BCUT2D eigenvalue weighted by atomic mass is 31.2. The van der Waals surface area contributed by atoms with Gasteiger partial charge in [0, 0.05) is 12.3 Å². The molecule has 0 amide bonds. The van der Waals surface area contributed by atoms with Crippen molar-refractivity contribution in [1.29, 1.82) is 0 Å². The normalized spacial score (nSPS) is 30.6. The van der Waals surface area contributed by atoms with Crippen LogP contribution in [0.3, 0.4) is 0 Å². The highest BCUT2D eigenvalue weighted by molar-refractivity contribution is 7.47. The summed E-state index contributed by atoms with van der Waals surface area (Å²) in [5.74, 6) is -0.288. The second kappa shape index (κ2) is 12.0. The number of rotatable bonds is 10. The predicted molar refractivity (Wildman–Crippen MR) is 138 cm³/mol. The molecule has 3 aromatic heterocycles. The Morgan fingerprint density at radius 2 is 1.61 bits per heavy atom. The Hall–Kier alpha value is -3.15. The van der Waals surface area contributed by atoms with E-state index < -0.39 is 94.7 Å². The number of hydrogen-bond acceptors (Lipinski definition) is 16. The fraction of sp³-hybridized carbons (Fsp3) is 0.526. The van der Waals surface area contributed by atoms with Crippen LogP contribution in [0.25, 0.3) is 11.2 Å². The Kier molecular flexibility index (Phi) is 8.78. The largest absolute Gasteiger partial charge is 0.472 e. The average molecular weight is 669 g/mol. The Labute approximate surface area is 242 Å². The summed E-state index contributed by atoms with van der Waals surface area (Å²) in [6.07, 6.45) is -11.8. The molecule has 0 aliphatic carbocycles. The minimum absolute atomic E-state index is 0.125. The molecule has 242 valence electrons. The predicted octanol–water partition coefficient (Wildman–Crippen LogP) is -4.26. The lowest BCUT2D eigenvalue weighted by molar-refractivity contribution is -0.0608. The second-order valence-electron chi connectivity index (χ2n) is 9.48. The van der Waals surface area contributed by atoms with E-state index in [1.807, 2.05) is 4.98 Å². The number of ether oxygens (including phenoxy) is 2. The average Bonchev–Trinajstić information content (AvgIpc) is 3.56. The number of hydrogen-bond donors (Lipinski definition) is 9. The van der Waals surface area contributed by atoms with E-state index in [0.717, 1.165) is 23.2 Å². The van der Waals surface area contributed by atoms with Gasteiger partial charge in [-0.05, 0) is 0 Å². The van der Waals surface area contributed by atoms with Crippen LogP contribution in [0.15, 0.2) is 33.0 Å². The van der Waals surface area contributed by atoms with E-state index in [9.17, 15) is 53.5 Å². The molecule has 44 heavy (non-hydrogen) atoms. The summed E-state index contributed by atoms with van der Waals surface area (Å²) in [6.45, 7) is -1.88. The number of phosphoric ester groups is 2. The van der Waals surface area contributed by atoms with Crippen LogP contribution in [0.5, 0.6) is 0 Å². The van der Waals surface area contributed by atoms with Crippen molar-refractivity contribution in [1.82, 2.24) is 29.1 Å². The number of aromatic nitrogens is 6. The van der Waals surface area contributed by atoms with E-state index in [1.54, 1.807) is 0 Å². The Bertz CT molecular complexity index is 1800. The molecule has 3 aromatic rings. The van der Waals surface area contributed by atoms with E-state index in [-0.39, 0.29) is 17.1 Å². The summed E-state index contributed by atoms with van der Waals surface area (Å²) >= 11 is 0. The van der Waals surface area contributed by atoms with Crippen LogP contribution in [0.1, 0.15) is 12.5 Å². The molecule has 5 heterocycles. The van der Waals surface area contributed by atoms with Crippen LogP contribution in [-0.2, 0) is 32.2 Å². The van der Waals surface area contributed by atoms with Crippen LogP contribution in [0, 0.1) is 0 Å². The van der Waals surface area contributed by atoms with Gasteiger partial charge in [0.25, 0.3) is 11.1 Å². The molecule has 0 saturated carbocycles. The van der Waals surface area contributed by atoms with E-state index in [4.69, 9.17) is 24.3 Å². The van der Waals surface area contributed by atoms with Gasteiger partial charge in [-0.3, -0.25) is 42.3 Å². The molecule has 9 atom stereocenters. The molecule has 0 radical (unpaired) electrons. The van der Waals surface area contributed by atoms with Gasteiger partial charge in [0.2, 0.25) is 5.95 Å². The van der Waals surface area contributed by atoms with Gasteiger partial charge in [0.1, 0.15) is 36.6 Å². The number of aromatic amines is 2. The van der Waals surface area contributed by atoms with Crippen molar-refractivity contribution in [2.75, 3.05) is 18.9 Å². The molecule has 9 unspecified atom stereocenters. The smallest absolute Gasteiger partial charge is 0.394 e. The number of aliphatic hydroxyl groups is 3. The number of H-pyrrole nitrogens is 2. The molecule has 23 nitrogen and oxygen atoms in total. The molecule has 2 aliphatic rings. The number of anilines is 1. The lowest BCUT2D eigenvalue weighted by Crippen LogP contribution is -2.38. The molecule has 25 heteroatoms. The van der Waals surface area contributed by atoms with Gasteiger partial charge in [-0.15, -0.1) is 0 Å². The van der Waals surface area contributed by atoms with E-state index in [2.05, 4.69) is 19.5 Å². The van der Waals surface area contributed by atoms with Crippen LogP contribution < -0.4 is 22.5 Å². The lowest BCUT2D eigenvalue weighted by atomic mass is 10.1. The number of nitrogens with zero attached hydrogens (tertiary/aromatic N) is 4. The number of imidazole rings is 1. The molecule has 2 saturated heterocycles.